The molecule has 0 bridgehead atoms. The van der Waals surface area contributed by atoms with Gasteiger partial charge in [-0.1, -0.05) is 11.6 Å². The number of nitrogens with zero attached hydrogens (tertiary/aromatic N) is 3. The van der Waals surface area contributed by atoms with Gasteiger partial charge in [0.2, 0.25) is 0 Å². The Kier molecular flexibility index (Phi) is 3.65. The summed E-state index contributed by atoms with van der Waals surface area (Å²) in [7, 11) is 0. The van der Waals surface area contributed by atoms with Gasteiger partial charge in [-0.3, -0.25) is 0 Å². The van der Waals surface area contributed by atoms with Gasteiger partial charge < -0.3 is 9.30 Å². The fourth-order valence-corrected chi connectivity index (χ4v) is 2.87. The van der Waals surface area contributed by atoms with Gasteiger partial charge in [0.15, 0.2) is 5.65 Å². The van der Waals surface area contributed by atoms with Gasteiger partial charge in [-0.25, -0.2) is 9.97 Å². The maximum atomic E-state index is 6.26. The smallest absolute Gasteiger partial charge is 0.160 e. The number of ether oxygens (including phenoxy) is 1. The summed E-state index contributed by atoms with van der Waals surface area (Å²) in [5.74, 6) is 0.860. The van der Waals surface area contributed by atoms with Crippen LogP contribution in [0.25, 0.3) is 11.2 Å². The van der Waals surface area contributed by atoms with Crippen LogP contribution >= 0.6 is 23.2 Å². The lowest BCUT2D eigenvalue weighted by atomic mass is 10.1. The average molecular weight is 300 g/mol. The molecule has 102 valence electrons. The van der Waals surface area contributed by atoms with Crippen LogP contribution in [0.1, 0.15) is 37.0 Å². The van der Waals surface area contributed by atoms with E-state index in [0.29, 0.717) is 11.1 Å². The van der Waals surface area contributed by atoms with Crippen LogP contribution in [-0.4, -0.2) is 27.7 Å². The van der Waals surface area contributed by atoms with E-state index < -0.39 is 0 Å². The molecule has 1 atom stereocenters. The number of pyridine rings is 1. The molecule has 1 aliphatic rings. The molecule has 0 saturated carbocycles. The van der Waals surface area contributed by atoms with E-state index in [-0.39, 0.29) is 5.38 Å². The Balaban J connectivity index is 2.15. The van der Waals surface area contributed by atoms with Crippen LogP contribution in [0.15, 0.2) is 12.3 Å². The molecule has 0 amide bonds. The van der Waals surface area contributed by atoms with Crippen molar-refractivity contribution >= 4 is 34.4 Å². The summed E-state index contributed by atoms with van der Waals surface area (Å²) in [6.07, 6.45) is 3.59. The number of hydrogen-bond acceptors (Lipinski definition) is 3. The van der Waals surface area contributed by atoms with Crippen molar-refractivity contribution in [2.45, 2.75) is 31.2 Å². The topological polar surface area (TPSA) is 39.9 Å². The van der Waals surface area contributed by atoms with E-state index in [9.17, 15) is 0 Å². The second kappa shape index (κ2) is 5.27. The van der Waals surface area contributed by atoms with Crippen LogP contribution in [0.2, 0.25) is 5.02 Å². The van der Waals surface area contributed by atoms with Gasteiger partial charge in [0.25, 0.3) is 0 Å². The van der Waals surface area contributed by atoms with Crippen LogP contribution in [0, 0.1) is 0 Å². The van der Waals surface area contributed by atoms with E-state index in [1.54, 1.807) is 6.20 Å². The number of halogens is 2. The zero-order chi connectivity index (χ0) is 13.4. The molecule has 0 aromatic carbocycles. The van der Waals surface area contributed by atoms with E-state index in [4.69, 9.17) is 27.9 Å². The molecule has 3 heterocycles. The first-order valence-corrected chi connectivity index (χ1v) is 7.23. The molecule has 0 spiro atoms. The lowest BCUT2D eigenvalue weighted by molar-refractivity contribution is 0.0697. The van der Waals surface area contributed by atoms with Crippen LogP contribution in [-0.2, 0) is 4.74 Å². The van der Waals surface area contributed by atoms with E-state index >= 15 is 0 Å². The Morgan fingerprint density at radius 3 is 2.84 bits per heavy atom. The number of hydrogen-bond donors (Lipinski definition) is 0. The highest BCUT2D eigenvalue weighted by molar-refractivity contribution is 6.31. The SMILES string of the molecule is CC(Cl)c1nc2cc(Cl)cnc2n1C1CCOCC1. The van der Waals surface area contributed by atoms with Crippen molar-refractivity contribution in [2.24, 2.45) is 0 Å². The van der Waals surface area contributed by atoms with Crippen molar-refractivity contribution in [3.8, 4) is 0 Å². The molecular formula is C13H15Cl2N3O. The van der Waals surface area contributed by atoms with Crippen molar-refractivity contribution in [1.82, 2.24) is 14.5 Å². The third-order valence-electron chi connectivity index (χ3n) is 3.44. The van der Waals surface area contributed by atoms with Crippen LogP contribution in [0.3, 0.4) is 0 Å². The van der Waals surface area contributed by atoms with Crippen LogP contribution in [0.5, 0.6) is 0 Å². The highest BCUT2D eigenvalue weighted by atomic mass is 35.5. The first-order valence-electron chi connectivity index (χ1n) is 6.42. The van der Waals surface area contributed by atoms with Crippen molar-refractivity contribution in [1.29, 1.82) is 0 Å². The van der Waals surface area contributed by atoms with E-state index in [1.165, 1.54) is 0 Å². The normalized spacial score (nSPS) is 18.9. The highest BCUT2D eigenvalue weighted by Crippen LogP contribution is 2.32. The largest absolute Gasteiger partial charge is 0.381 e. The molecule has 2 aromatic rings. The molecule has 19 heavy (non-hydrogen) atoms. The molecule has 3 rings (SSSR count). The van der Waals surface area contributed by atoms with Gasteiger partial charge in [0, 0.05) is 25.5 Å². The summed E-state index contributed by atoms with van der Waals surface area (Å²) in [6.45, 7) is 3.47. The number of rotatable bonds is 2. The van der Waals surface area contributed by atoms with E-state index in [0.717, 1.165) is 43.0 Å². The van der Waals surface area contributed by atoms with Crippen molar-refractivity contribution in [3.63, 3.8) is 0 Å². The summed E-state index contributed by atoms with van der Waals surface area (Å²) in [4.78, 5) is 9.02. The van der Waals surface area contributed by atoms with E-state index in [2.05, 4.69) is 14.5 Å². The minimum absolute atomic E-state index is 0.157. The molecule has 1 saturated heterocycles. The standard InChI is InChI=1S/C13H15Cl2N3O/c1-8(14)12-17-11-6-9(15)7-16-13(11)18(12)10-2-4-19-5-3-10/h6-8,10H,2-5H2,1H3. The quantitative estimate of drug-likeness (QED) is 0.793. The Morgan fingerprint density at radius 1 is 1.42 bits per heavy atom. The molecular weight excluding hydrogens is 285 g/mol. The summed E-state index contributed by atoms with van der Waals surface area (Å²) < 4.78 is 7.58. The monoisotopic (exact) mass is 299 g/mol. The van der Waals surface area contributed by atoms with Gasteiger partial charge in [0.05, 0.1) is 10.4 Å². The molecule has 2 aromatic heterocycles. The summed E-state index contributed by atoms with van der Waals surface area (Å²) in [5, 5.41) is 0.439. The number of imidazole rings is 1. The van der Waals surface area contributed by atoms with Crippen LogP contribution in [0.4, 0.5) is 0 Å². The maximum Gasteiger partial charge on any atom is 0.160 e. The summed E-state index contributed by atoms with van der Waals surface area (Å²) in [6, 6.07) is 2.19. The molecule has 0 aliphatic carbocycles. The molecule has 1 unspecified atom stereocenters. The zero-order valence-corrected chi connectivity index (χ0v) is 12.2. The second-order valence-corrected chi connectivity index (χ2v) is 5.89. The summed E-state index contributed by atoms with van der Waals surface area (Å²) in [5.41, 5.74) is 1.67. The Hall–Kier alpha value is -0.840. The Bertz CT molecular complexity index is 591. The molecule has 0 radical (unpaired) electrons. The molecule has 0 N–H and O–H groups in total. The lowest BCUT2D eigenvalue weighted by Gasteiger charge is -2.25. The van der Waals surface area contributed by atoms with Gasteiger partial charge in [-0.15, -0.1) is 11.6 Å². The van der Waals surface area contributed by atoms with Crippen molar-refractivity contribution < 1.29 is 4.74 Å². The number of aromatic nitrogens is 3. The van der Waals surface area contributed by atoms with Crippen molar-refractivity contribution in [3.05, 3.63) is 23.1 Å². The second-order valence-electron chi connectivity index (χ2n) is 4.80. The number of alkyl halides is 1. The Labute approximate surface area is 121 Å². The molecule has 4 nitrogen and oxygen atoms in total. The predicted molar refractivity (Wildman–Crippen MR) is 75.9 cm³/mol. The van der Waals surface area contributed by atoms with E-state index in [1.807, 2.05) is 13.0 Å². The highest BCUT2D eigenvalue weighted by Gasteiger charge is 2.24. The average Bonchev–Trinajstić information content (AvgIpc) is 2.78. The minimum Gasteiger partial charge on any atom is -0.381 e. The fraction of sp³-hybridized carbons (Fsp3) is 0.538. The van der Waals surface area contributed by atoms with Gasteiger partial charge in [-0.2, -0.15) is 0 Å². The third kappa shape index (κ3) is 2.45. The first-order chi connectivity index (χ1) is 9.16. The van der Waals surface area contributed by atoms with Gasteiger partial charge in [0.1, 0.15) is 11.3 Å². The summed E-state index contributed by atoms with van der Waals surface area (Å²) >= 11 is 12.2. The molecule has 6 heteroatoms. The third-order valence-corrected chi connectivity index (χ3v) is 3.84. The van der Waals surface area contributed by atoms with Gasteiger partial charge >= 0.3 is 0 Å². The van der Waals surface area contributed by atoms with Crippen LogP contribution < -0.4 is 0 Å². The first kappa shape index (κ1) is 13.2. The molecule has 1 aliphatic heterocycles. The maximum absolute atomic E-state index is 6.26. The lowest BCUT2D eigenvalue weighted by Crippen LogP contribution is -2.21. The predicted octanol–water partition coefficient (Wildman–Crippen LogP) is 3.74. The van der Waals surface area contributed by atoms with Crippen molar-refractivity contribution in [2.75, 3.05) is 13.2 Å². The zero-order valence-electron chi connectivity index (χ0n) is 10.6. The number of fused-ring (bicyclic) bond motifs is 1. The minimum atomic E-state index is -0.157. The Morgan fingerprint density at radius 2 is 2.16 bits per heavy atom. The molecule has 1 fully saturated rings. The van der Waals surface area contributed by atoms with Gasteiger partial charge in [-0.05, 0) is 25.8 Å². The fourth-order valence-electron chi connectivity index (χ4n) is 2.56.